The van der Waals surface area contributed by atoms with Gasteiger partial charge in [-0.3, -0.25) is 19.3 Å². The van der Waals surface area contributed by atoms with Crippen LogP contribution in [0, 0.1) is 5.92 Å². The van der Waals surface area contributed by atoms with E-state index >= 15 is 0 Å². The number of carbonyl (C=O) groups excluding carboxylic acids is 1. The van der Waals surface area contributed by atoms with Crippen molar-refractivity contribution in [3.63, 3.8) is 0 Å². The number of aromatic hydroxyl groups is 1. The molecule has 3 aliphatic heterocycles. The first kappa shape index (κ1) is 25.1. The van der Waals surface area contributed by atoms with Crippen molar-refractivity contribution >= 4 is 5.91 Å². The molecule has 3 N–H and O–H groups in total. The van der Waals surface area contributed by atoms with Gasteiger partial charge in [0.2, 0.25) is 29.6 Å². The van der Waals surface area contributed by atoms with Crippen molar-refractivity contribution in [1.29, 1.82) is 0 Å². The molecule has 3 atom stereocenters. The van der Waals surface area contributed by atoms with Crippen LogP contribution in [0.25, 0.3) is 0 Å². The molecule has 3 unspecified atom stereocenters. The first-order valence-corrected chi connectivity index (χ1v) is 12.8. The molecule has 2 bridgehead atoms. The topological polar surface area (TPSA) is 146 Å². The third-order valence-electron chi connectivity index (χ3n) is 7.74. The number of carbonyl (C=O) groups is 1. The van der Waals surface area contributed by atoms with Gasteiger partial charge < -0.3 is 34.0 Å². The number of aromatic nitrogens is 1. The number of hydrogen-bond donors (Lipinski definition) is 2. The van der Waals surface area contributed by atoms with Crippen molar-refractivity contribution < 1.29 is 28.5 Å². The lowest BCUT2D eigenvalue weighted by Gasteiger charge is -2.42. The molecule has 1 aromatic carbocycles. The minimum atomic E-state index is -0.863. The maximum atomic E-state index is 12.9. The monoisotopic (exact) mass is 535 g/mol. The van der Waals surface area contributed by atoms with Crippen LogP contribution in [0.3, 0.4) is 0 Å². The molecule has 11 heteroatoms. The Morgan fingerprint density at radius 1 is 1.18 bits per heavy atom. The molecule has 6 rings (SSSR count). The molecule has 3 aromatic rings. The first-order chi connectivity index (χ1) is 18.8. The zero-order chi connectivity index (χ0) is 27.3. The van der Waals surface area contributed by atoms with Crippen LogP contribution in [0.1, 0.15) is 47.5 Å². The van der Waals surface area contributed by atoms with Gasteiger partial charge in [0.25, 0.3) is 5.56 Å². The van der Waals surface area contributed by atoms with Crippen molar-refractivity contribution in [1.82, 2.24) is 9.47 Å². The highest BCUT2D eigenvalue weighted by Gasteiger charge is 2.35. The zero-order valence-electron chi connectivity index (χ0n) is 21.4. The normalized spacial score (nSPS) is 20.3. The number of ether oxygens (including phenoxy) is 3. The molecule has 1 saturated heterocycles. The van der Waals surface area contributed by atoms with E-state index in [0.29, 0.717) is 54.1 Å². The summed E-state index contributed by atoms with van der Waals surface area (Å²) in [5, 5.41) is 10.8. The average Bonchev–Trinajstić information content (AvgIpc) is 3.38. The highest BCUT2D eigenvalue weighted by molar-refractivity contribution is 5.75. The van der Waals surface area contributed by atoms with Gasteiger partial charge >= 0.3 is 0 Å². The molecule has 11 nitrogen and oxygen atoms in total. The van der Waals surface area contributed by atoms with E-state index in [1.807, 2.05) is 10.6 Å². The SMILES string of the molecule is COc1cc(C(CC(N)=O)c2oc(CN3CC4CC(C3)c3cccc(=O)n3C4)cc(=O)c2O)cc2c1OCO2. The average molecular weight is 536 g/mol. The van der Waals surface area contributed by atoms with Crippen molar-refractivity contribution in [3.05, 3.63) is 79.8 Å². The number of fused-ring (bicyclic) bond motifs is 5. The number of piperidine rings is 1. The fraction of sp³-hybridized carbons (Fsp3) is 0.393. The minimum absolute atomic E-state index is 0.0163. The number of benzene rings is 1. The lowest BCUT2D eigenvalue weighted by atomic mass is 9.83. The van der Waals surface area contributed by atoms with Gasteiger partial charge in [0.15, 0.2) is 17.3 Å². The van der Waals surface area contributed by atoms with E-state index in [9.17, 15) is 19.5 Å². The van der Waals surface area contributed by atoms with E-state index in [1.54, 1.807) is 24.3 Å². The van der Waals surface area contributed by atoms with Gasteiger partial charge in [-0.05, 0) is 36.1 Å². The molecule has 0 aliphatic carbocycles. The van der Waals surface area contributed by atoms with Gasteiger partial charge in [-0.2, -0.15) is 0 Å². The second-order valence-electron chi connectivity index (χ2n) is 10.4. The van der Waals surface area contributed by atoms with Crippen molar-refractivity contribution in [3.8, 4) is 23.0 Å². The maximum absolute atomic E-state index is 12.9. The molecule has 3 aliphatic rings. The number of pyridine rings is 1. The molecule has 0 saturated carbocycles. The highest BCUT2D eigenvalue weighted by Crippen LogP contribution is 2.45. The summed E-state index contributed by atoms with van der Waals surface area (Å²) < 4.78 is 24.4. The number of hydrogen-bond acceptors (Lipinski definition) is 9. The van der Waals surface area contributed by atoms with Crippen molar-refractivity contribution in [2.45, 2.75) is 37.8 Å². The largest absolute Gasteiger partial charge is 0.502 e. The Kier molecular flexibility index (Phi) is 6.30. The summed E-state index contributed by atoms with van der Waals surface area (Å²) in [5.74, 6) is -0.0559. The second kappa shape index (κ2) is 9.81. The summed E-state index contributed by atoms with van der Waals surface area (Å²) >= 11 is 0. The third kappa shape index (κ3) is 4.63. The van der Waals surface area contributed by atoms with E-state index in [2.05, 4.69) is 4.90 Å². The Morgan fingerprint density at radius 3 is 2.82 bits per heavy atom. The van der Waals surface area contributed by atoms with Crippen LogP contribution in [0.4, 0.5) is 0 Å². The number of methoxy groups -OCH3 is 1. The van der Waals surface area contributed by atoms with E-state index in [1.165, 1.54) is 13.2 Å². The first-order valence-electron chi connectivity index (χ1n) is 12.8. The van der Waals surface area contributed by atoms with Gasteiger partial charge in [0, 0.05) is 49.8 Å². The molecule has 0 spiro atoms. The summed E-state index contributed by atoms with van der Waals surface area (Å²) in [5.41, 5.74) is 6.52. The number of amides is 1. The molecule has 0 radical (unpaired) electrons. The van der Waals surface area contributed by atoms with Crippen LogP contribution in [0.15, 0.2) is 50.4 Å². The van der Waals surface area contributed by atoms with E-state index in [0.717, 1.165) is 18.7 Å². The van der Waals surface area contributed by atoms with Crippen LogP contribution in [-0.2, 0) is 17.9 Å². The van der Waals surface area contributed by atoms with E-state index < -0.39 is 23.0 Å². The predicted octanol–water partition coefficient (Wildman–Crippen LogP) is 1.87. The number of rotatable bonds is 7. The third-order valence-corrected chi connectivity index (χ3v) is 7.74. The van der Waals surface area contributed by atoms with Gasteiger partial charge in [-0.15, -0.1) is 0 Å². The Bertz CT molecular complexity index is 1560. The number of likely N-dealkylation sites (tertiary alicyclic amines) is 1. The number of nitrogens with zero attached hydrogens (tertiary/aromatic N) is 2. The molecule has 39 heavy (non-hydrogen) atoms. The van der Waals surface area contributed by atoms with Gasteiger partial charge in [-0.1, -0.05) is 6.07 Å². The summed E-state index contributed by atoms with van der Waals surface area (Å²) in [6, 6.07) is 9.98. The van der Waals surface area contributed by atoms with Crippen LogP contribution in [0.2, 0.25) is 0 Å². The zero-order valence-corrected chi connectivity index (χ0v) is 21.4. The predicted molar refractivity (Wildman–Crippen MR) is 138 cm³/mol. The molecular formula is C28H29N3O8. The Labute approximate surface area is 223 Å². The summed E-state index contributed by atoms with van der Waals surface area (Å²) in [7, 11) is 1.48. The molecule has 2 aromatic heterocycles. The Morgan fingerprint density at radius 2 is 2.03 bits per heavy atom. The minimum Gasteiger partial charge on any atom is -0.502 e. The Hall–Kier alpha value is -4.25. The lowest BCUT2D eigenvalue weighted by Crippen LogP contribution is -2.46. The summed E-state index contributed by atoms with van der Waals surface area (Å²) in [6.07, 6.45) is 0.777. The number of nitrogens with two attached hydrogens (primary N) is 1. The number of primary amides is 1. The van der Waals surface area contributed by atoms with Crippen molar-refractivity contribution in [2.75, 3.05) is 27.0 Å². The van der Waals surface area contributed by atoms with Crippen LogP contribution in [-0.4, -0.2) is 47.5 Å². The second-order valence-corrected chi connectivity index (χ2v) is 10.4. The summed E-state index contributed by atoms with van der Waals surface area (Å²) in [4.78, 5) is 39.5. The fourth-order valence-electron chi connectivity index (χ4n) is 6.13. The molecule has 1 amide bonds. The van der Waals surface area contributed by atoms with Crippen molar-refractivity contribution in [2.24, 2.45) is 11.7 Å². The smallest absolute Gasteiger partial charge is 0.250 e. The quantitative estimate of drug-likeness (QED) is 0.463. The molecule has 5 heterocycles. The lowest BCUT2D eigenvalue weighted by molar-refractivity contribution is -0.118. The van der Waals surface area contributed by atoms with E-state index in [-0.39, 0.29) is 30.5 Å². The van der Waals surface area contributed by atoms with Gasteiger partial charge in [-0.25, -0.2) is 0 Å². The van der Waals surface area contributed by atoms with Gasteiger partial charge in [0.05, 0.1) is 19.6 Å². The fourth-order valence-corrected chi connectivity index (χ4v) is 6.13. The highest BCUT2D eigenvalue weighted by atomic mass is 16.7. The standard InChI is InChI=1S/C28H29N3O8/c1-36-22-6-16(7-23-28(22)38-14-37-23)19(9-24(29)33)27-26(35)21(32)8-18(39-27)13-30-10-15-5-17(12-30)20-3-2-4-25(34)31(20)11-15/h2-4,6-8,15,17,19,35H,5,9-14H2,1H3,(H2,29,33). The van der Waals surface area contributed by atoms with Crippen LogP contribution < -0.4 is 30.9 Å². The maximum Gasteiger partial charge on any atom is 0.250 e. The molecule has 1 fully saturated rings. The van der Waals surface area contributed by atoms with Crippen LogP contribution >= 0.6 is 0 Å². The van der Waals surface area contributed by atoms with Gasteiger partial charge in [0.1, 0.15) is 5.76 Å². The molecular weight excluding hydrogens is 506 g/mol. The Balaban J connectivity index is 1.33. The summed E-state index contributed by atoms with van der Waals surface area (Å²) in [6.45, 7) is 2.44. The van der Waals surface area contributed by atoms with Crippen LogP contribution in [0.5, 0.6) is 23.0 Å². The molecule has 204 valence electrons. The van der Waals surface area contributed by atoms with E-state index in [4.69, 9.17) is 24.4 Å².